The third-order valence-electron chi connectivity index (χ3n) is 1.66. The fraction of sp³-hybridized carbons (Fsp3) is 0.273. The summed E-state index contributed by atoms with van der Waals surface area (Å²) >= 11 is 0. The molecule has 2 N–H and O–H groups in total. The minimum Gasteiger partial charge on any atom is -0.392 e. The number of aliphatic hydroxyl groups excluding tert-OH is 1. The molecule has 1 rings (SSSR count). The predicted molar refractivity (Wildman–Crippen MR) is 62.9 cm³/mol. The zero-order valence-corrected chi connectivity index (χ0v) is 10.1. The van der Waals surface area contributed by atoms with Gasteiger partial charge in [-0.1, -0.05) is 29.8 Å². The Balaban J connectivity index is 0.000000385. The first-order valence-electron chi connectivity index (χ1n) is 4.68. The molecule has 0 saturated heterocycles. The predicted octanol–water partition coefficient (Wildman–Crippen LogP) is 1.80. The average molecular weight is 244 g/mol. The molecule has 0 bridgehead atoms. The van der Waals surface area contributed by atoms with Crippen LogP contribution in [-0.2, 0) is 10.1 Å². The van der Waals surface area contributed by atoms with Gasteiger partial charge >= 0.3 is 0 Å². The van der Waals surface area contributed by atoms with E-state index in [-0.39, 0.29) is 11.5 Å². The number of hydrogen-bond acceptors (Lipinski definition) is 3. The summed E-state index contributed by atoms with van der Waals surface area (Å²) in [6, 6.07) is 5.99. The normalized spacial score (nSPS) is 11.0. The van der Waals surface area contributed by atoms with Crippen molar-refractivity contribution in [1.82, 2.24) is 0 Å². The summed E-state index contributed by atoms with van der Waals surface area (Å²) in [5.74, 6) is 0. The van der Waals surface area contributed by atoms with E-state index >= 15 is 0 Å². The van der Waals surface area contributed by atoms with Gasteiger partial charge < -0.3 is 5.11 Å². The average Bonchev–Trinajstić information content (AvgIpc) is 2.19. The van der Waals surface area contributed by atoms with Crippen LogP contribution in [0.2, 0.25) is 0 Å². The Morgan fingerprint density at radius 1 is 1.25 bits per heavy atom. The molecule has 0 heterocycles. The molecule has 0 aliphatic carbocycles. The van der Waals surface area contributed by atoms with E-state index in [0.717, 1.165) is 5.56 Å². The summed E-state index contributed by atoms with van der Waals surface area (Å²) in [5, 5.41) is 7.98. The van der Waals surface area contributed by atoms with Crippen molar-refractivity contribution in [2.24, 2.45) is 0 Å². The molecule has 0 spiro atoms. The lowest BCUT2D eigenvalue weighted by atomic mass is 10.2. The molecule has 90 valence electrons. The molecule has 5 heteroatoms. The molecule has 16 heavy (non-hydrogen) atoms. The molecule has 0 unspecified atom stereocenters. The highest BCUT2D eigenvalue weighted by Crippen LogP contribution is 2.08. The molecule has 0 fully saturated rings. The van der Waals surface area contributed by atoms with Crippen molar-refractivity contribution in [2.45, 2.75) is 18.7 Å². The van der Waals surface area contributed by atoms with Gasteiger partial charge in [0, 0.05) is 0 Å². The first-order chi connectivity index (χ1) is 7.41. The van der Waals surface area contributed by atoms with Crippen molar-refractivity contribution in [3.05, 3.63) is 42.0 Å². The first-order valence-corrected chi connectivity index (χ1v) is 6.12. The molecule has 0 radical (unpaired) electrons. The highest BCUT2D eigenvalue weighted by atomic mass is 32.2. The summed E-state index contributed by atoms with van der Waals surface area (Å²) in [6.45, 7) is 3.88. The van der Waals surface area contributed by atoms with Gasteiger partial charge in [-0.05, 0) is 26.0 Å². The van der Waals surface area contributed by atoms with Gasteiger partial charge in [0.25, 0.3) is 10.1 Å². The van der Waals surface area contributed by atoms with Crippen molar-refractivity contribution in [3.63, 3.8) is 0 Å². The van der Waals surface area contributed by atoms with Crippen molar-refractivity contribution < 1.29 is 18.1 Å². The first kappa shape index (κ1) is 14.8. The Morgan fingerprint density at radius 3 is 2.00 bits per heavy atom. The van der Waals surface area contributed by atoms with E-state index in [1.54, 1.807) is 24.3 Å². The molecule has 0 amide bonds. The van der Waals surface area contributed by atoms with Crippen LogP contribution >= 0.6 is 0 Å². The van der Waals surface area contributed by atoms with Crippen molar-refractivity contribution in [3.8, 4) is 0 Å². The lowest BCUT2D eigenvalue weighted by Gasteiger charge is -1.95. The van der Waals surface area contributed by atoms with Crippen LogP contribution < -0.4 is 0 Å². The maximum Gasteiger partial charge on any atom is 0.294 e. The van der Waals surface area contributed by atoms with Crippen molar-refractivity contribution in [2.75, 3.05) is 6.61 Å². The second-order valence-corrected chi connectivity index (χ2v) is 4.46. The molecule has 1 aromatic rings. The number of benzene rings is 1. The second-order valence-electron chi connectivity index (χ2n) is 3.04. The molecule has 0 aliphatic heterocycles. The molecule has 4 nitrogen and oxygen atoms in total. The zero-order valence-electron chi connectivity index (χ0n) is 9.29. The Hall–Kier alpha value is -1.17. The molecule has 0 aromatic heterocycles. The van der Waals surface area contributed by atoms with Gasteiger partial charge in [-0.25, -0.2) is 0 Å². The molecule has 0 aliphatic rings. The fourth-order valence-corrected chi connectivity index (χ4v) is 1.30. The van der Waals surface area contributed by atoms with Crippen LogP contribution in [0, 0.1) is 6.92 Å². The molecule has 1 aromatic carbocycles. The number of allylic oxidation sites excluding steroid dienone is 1. The number of rotatable bonds is 2. The number of aliphatic hydroxyl groups is 1. The third kappa shape index (κ3) is 6.34. The van der Waals surface area contributed by atoms with Gasteiger partial charge in [0.05, 0.1) is 11.5 Å². The highest BCUT2D eigenvalue weighted by molar-refractivity contribution is 7.85. The van der Waals surface area contributed by atoms with Gasteiger partial charge in [0.2, 0.25) is 0 Å². The molecule has 0 atom stereocenters. The van der Waals surface area contributed by atoms with Gasteiger partial charge in [-0.3, -0.25) is 4.55 Å². The molecule has 0 saturated carbocycles. The van der Waals surface area contributed by atoms with Crippen LogP contribution in [0.25, 0.3) is 0 Å². The molecular formula is C11H16O4S. The van der Waals surface area contributed by atoms with Crippen LogP contribution in [0.1, 0.15) is 12.5 Å². The van der Waals surface area contributed by atoms with Crippen LogP contribution in [-0.4, -0.2) is 24.7 Å². The van der Waals surface area contributed by atoms with E-state index in [9.17, 15) is 8.42 Å². The number of aryl methyl sites for hydroxylation is 1. The van der Waals surface area contributed by atoms with Gasteiger partial charge in [-0.15, -0.1) is 0 Å². The maximum absolute atomic E-state index is 10.5. The zero-order chi connectivity index (χ0) is 12.6. The smallest absolute Gasteiger partial charge is 0.294 e. The summed E-state index contributed by atoms with van der Waals surface area (Å²) in [7, 11) is -4.02. The SMILES string of the molecule is CC=CCO.Cc1ccc(S(=O)(=O)O)cc1. The Bertz CT molecular complexity index is 418. The van der Waals surface area contributed by atoms with E-state index in [1.165, 1.54) is 12.1 Å². The summed E-state index contributed by atoms with van der Waals surface area (Å²) < 4.78 is 29.6. The topological polar surface area (TPSA) is 74.6 Å². The van der Waals surface area contributed by atoms with Gasteiger partial charge in [0.15, 0.2) is 0 Å². The highest BCUT2D eigenvalue weighted by Gasteiger charge is 2.06. The summed E-state index contributed by atoms with van der Waals surface area (Å²) in [6.07, 6.45) is 3.49. The lowest BCUT2D eigenvalue weighted by Crippen LogP contribution is -1.96. The van der Waals surface area contributed by atoms with E-state index in [2.05, 4.69) is 0 Å². The number of hydrogen-bond donors (Lipinski definition) is 2. The Labute approximate surface area is 96.0 Å². The van der Waals surface area contributed by atoms with Gasteiger partial charge in [-0.2, -0.15) is 8.42 Å². The van der Waals surface area contributed by atoms with Crippen LogP contribution in [0.3, 0.4) is 0 Å². The largest absolute Gasteiger partial charge is 0.392 e. The Kier molecular flexibility index (Phi) is 6.64. The van der Waals surface area contributed by atoms with Crippen LogP contribution in [0.5, 0.6) is 0 Å². The van der Waals surface area contributed by atoms with Crippen molar-refractivity contribution >= 4 is 10.1 Å². The monoisotopic (exact) mass is 244 g/mol. The van der Waals surface area contributed by atoms with E-state index in [4.69, 9.17) is 9.66 Å². The van der Waals surface area contributed by atoms with Gasteiger partial charge in [0.1, 0.15) is 0 Å². The second kappa shape index (κ2) is 7.16. The minimum absolute atomic E-state index is 0.0666. The Morgan fingerprint density at radius 2 is 1.75 bits per heavy atom. The van der Waals surface area contributed by atoms with E-state index in [1.807, 2.05) is 13.8 Å². The summed E-state index contributed by atoms with van der Waals surface area (Å²) in [4.78, 5) is -0.0666. The minimum atomic E-state index is -4.02. The van der Waals surface area contributed by atoms with Crippen molar-refractivity contribution in [1.29, 1.82) is 0 Å². The van der Waals surface area contributed by atoms with Crippen LogP contribution in [0.4, 0.5) is 0 Å². The molecular weight excluding hydrogens is 228 g/mol. The van der Waals surface area contributed by atoms with Crippen LogP contribution in [0.15, 0.2) is 41.3 Å². The lowest BCUT2D eigenvalue weighted by molar-refractivity contribution is 0.342. The van der Waals surface area contributed by atoms with E-state index < -0.39 is 10.1 Å². The standard InChI is InChI=1S/C7H8O3S.C4H8O/c1-6-2-4-7(5-3-6)11(8,9)10;1-2-3-4-5/h2-5H,1H3,(H,8,9,10);2-3,5H,4H2,1H3. The van der Waals surface area contributed by atoms with E-state index in [0.29, 0.717) is 0 Å². The summed E-state index contributed by atoms with van der Waals surface area (Å²) in [5.41, 5.74) is 0.956. The fourth-order valence-electron chi connectivity index (χ4n) is 0.816. The quantitative estimate of drug-likeness (QED) is 0.614. The third-order valence-corrected chi connectivity index (χ3v) is 2.53. The maximum atomic E-state index is 10.5.